The molecule has 4 heteroatoms. The summed E-state index contributed by atoms with van der Waals surface area (Å²) in [6.45, 7) is 0. The average molecular weight is 358 g/mol. The SMILES string of the molecule is ClC(Cc1cccc(Br)c1)c1cc2sccc2s1. The van der Waals surface area contributed by atoms with Crippen molar-refractivity contribution in [3.63, 3.8) is 0 Å². The molecule has 1 atom stereocenters. The van der Waals surface area contributed by atoms with Crippen molar-refractivity contribution in [2.75, 3.05) is 0 Å². The van der Waals surface area contributed by atoms with E-state index in [0.717, 1.165) is 10.9 Å². The number of benzene rings is 1. The molecular weight excluding hydrogens is 348 g/mol. The molecule has 0 spiro atoms. The minimum atomic E-state index is 0.0592. The lowest BCUT2D eigenvalue weighted by Crippen LogP contribution is -1.93. The second-order valence-electron chi connectivity index (χ2n) is 4.10. The Morgan fingerprint density at radius 2 is 2.06 bits per heavy atom. The largest absolute Gasteiger partial charge is 0.143 e. The minimum Gasteiger partial charge on any atom is -0.143 e. The van der Waals surface area contributed by atoms with Gasteiger partial charge in [-0.3, -0.25) is 0 Å². The normalized spacial score (nSPS) is 13.0. The van der Waals surface area contributed by atoms with E-state index in [1.807, 2.05) is 6.07 Å². The second-order valence-corrected chi connectivity index (χ2v) is 7.61. The van der Waals surface area contributed by atoms with Crippen molar-refractivity contribution < 1.29 is 0 Å². The van der Waals surface area contributed by atoms with Gasteiger partial charge < -0.3 is 0 Å². The molecule has 2 heterocycles. The number of hydrogen-bond donors (Lipinski definition) is 0. The van der Waals surface area contributed by atoms with Crippen LogP contribution in [0, 0.1) is 0 Å². The molecular formula is C14H10BrClS2. The number of fused-ring (bicyclic) bond motifs is 1. The Bertz CT molecular complexity index is 643. The van der Waals surface area contributed by atoms with Gasteiger partial charge in [0, 0.05) is 18.7 Å². The van der Waals surface area contributed by atoms with E-state index >= 15 is 0 Å². The smallest absolute Gasteiger partial charge is 0.0719 e. The molecule has 0 saturated heterocycles. The van der Waals surface area contributed by atoms with Crippen LogP contribution < -0.4 is 0 Å². The summed E-state index contributed by atoms with van der Waals surface area (Å²) in [5.41, 5.74) is 1.26. The fourth-order valence-corrected chi connectivity index (χ4v) is 4.83. The first kappa shape index (κ1) is 12.7. The van der Waals surface area contributed by atoms with E-state index in [0.29, 0.717) is 0 Å². The molecule has 2 aromatic heterocycles. The summed E-state index contributed by atoms with van der Waals surface area (Å²) in [4.78, 5) is 1.26. The van der Waals surface area contributed by atoms with Crippen molar-refractivity contribution in [3.8, 4) is 0 Å². The predicted molar refractivity (Wildman–Crippen MR) is 86.1 cm³/mol. The first-order chi connectivity index (χ1) is 8.72. The molecule has 0 N–H and O–H groups in total. The molecule has 0 bridgehead atoms. The van der Waals surface area contributed by atoms with Gasteiger partial charge in [0.15, 0.2) is 0 Å². The van der Waals surface area contributed by atoms with E-state index in [9.17, 15) is 0 Å². The predicted octanol–water partition coefficient (Wildman–Crippen LogP) is 6.25. The zero-order valence-electron chi connectivity index (χ0n) is 9.40. The number of alkyl halides is 1. The van der Waals surface area contributed by atoms with Gasteiger partial charge in [-0.2, -0.15) is 0 Å². The van der Waals surface area contributed by atoms with Gasteiger partial charge >= 0.3 is 0 Å². The highest BCUT2D eigenvalue weighted by Crippen LogP contribution is 2.37. The van der Waals surface area contributed by atoms with Crippen LogP contribution in [-0.2, 0) is 6.42 Å². The quantitative estimate of drug-likeness (QED) is 0.486. The van der Waals surface area contributed by atoms with Gasteiger partial charge in [0.05, 0.1) is 5.38 Å². The summed E-state index contributed by atoms with van der Waals surface area (Å²) < 4.78 is 3.79. The van der Waals surface area contributed by atoms with E-state index in [1.54, 1.807) is 22.7 Å². The van der Waals surface area contributed by atoms with Gasteiger partial charge in [0.25, 0.3) is 0 Å². The van der Waals surface area contributed by atoms with Crippen molar-refractivity contribution in [1.82, 2.24) is 0 Å². The number of thiophene rings is 2. The molecule has 0 radical (unpaired) electrons. The molecule has 0 aliphatic heterocycles. The summed E-state index contributed by atoms with van der Waals surface area (Å²) in [6, 6.07) is 12.7. The number of rotatable bonds is 3. The Labute approximate surface area is 127 Å². The van der Waals surface area contributed by atoms with Crippen LogP contribution in [0.15, 0.2) is 46.3 Å². The van der Waals surface area contributed by atoms with E-state index in [1.165, 1.54) is 19.8 Å². The minimum absolute atomic E-state index is 0.0592. The van der Waals surface area contributed by atoms with Crippen LogP contribution >= 0.6 is 50.2 Å². The summed E-state index contributed by atoms with van der Waals surface area (Å²) in [7, 11) is 0. The van der Waals surface area contributed by atoms with Crippen LogP contribution in [0.4, 0.5) is 0 Å². The highest BCUT2D eigenvalue weighted by Gasteiger charge is 2.13. The molecule has 92 valence electrons. The van der Waals surface area contributed by atoms with E-state index in [2.05, 4.69) is 51.6 Å². The van der Waals surface area contributed by atoms with Gasteiger partial charge in [0.2, 0.25) is 0 Å². The standard InChI is InChI=1S/C14H10BrClS2/c15-10-3-1-2-9(6-10)7-11(16)13-8-14-12(18-13)4-5-17-14/h1-6,8,11H,7H2. The first-order valence-corrected chi connectivity index (χ1v) is 8.50. The lowest BCUT2D eigenvalue weighted by atomic mass is 10.1. The molecule has 1 unspecified atom stereocenters. The van der Waals surface area contributed by atoms with Gasteiger partial charge in [-0.1, -0.05) is 28.1 Å². The van der Waals surface area contributed by atoms with Crippen molar-refractivity contribution in [3.05, 3.63) is 56.7 Å². The van der Waals surface area contributed by atoms with Crippen molar-refractivity contribution >= 4 is 59.6 Å². The Morgan fingerprint density at radius 3 is 2.83 bits per heavy atom. The molecule has 0 aliphatic rings. The molecule has 3 aromatic rings. The maximum absolute atomic E-state index is 6.52. The van der Waals surface area contributed by atoms with Crippen LogP contribution in [0.2, 0.25) is 0 Å². The number of halogens is 2. The molecule has 0 amide bonds. The summed E-state index contributed by atoms with van der Waals surface area (Å²) >= 11 is 13.6. The topological polar surface area (TPSA) is 0 Å². The lowest BCUT2D eigenvalue weighted by Gasteiger charge is -2.07. The molecule has 3 rings (SSSR count). The third-order valence-electron chi connectivity index (χ3n) is 2.77. The third-order valence-corrected chi connectivity index (χ3v) is 5.99. The maximum atomic E-state index is 6.52. The maximum Gasteiger partial charge on any atom is 0.0719 e. The molecule has 1 aromatic carbocycles. The van der Waals surface area contributed by atoms with Crippen LogP contribution in [0.25, 0.3) is 9.40 Å². The third kappa shape index (κ3) is 2.64. The molecule has 0 saturated carbocycles. The van der Waals surface area contributed by atoms with Crippen LogP contribution in [0.3, 0.4) is 0 Å². The zero-order valence-corrected chi connectivity index (χ0v) is 13.4. The summed E-state index contributed by atoms with van der Waals surface area (Å²) in [6.07, 6.45) is 0.870. The summed E-state index contributed by atoms with van der Waals surface area (Å²) in [5.74, 6) is 0. The average Bonchev–Trinajstić information content (AvgIpc) is 2.88. The van der Waals surface area contributed by atoms with Crippen LogP contribution in [0.1, 0.15) is 15.8 Å². The monoisotopic (exact) mass is 356 g/mol. The van der Waals surface area contributed by atoms with E-state index in [-0.39, 0.29) is 5.38 Å². The lowest BCUT2D eigenvalue weighted by molar-refractivity contribution is 0.940. The Balaban J connectivity index is 1.82. The molecule has 0 fully saturated rings. The van der Waals surface area contributed by atoms with E-state index in [4.69, 9.17) is 11.6 Å². The van der Waals surface area contributed by atoms with Gasteiger partial charge in [0.1, 0.15) is 0 Å². The van der Waals surface area contributed by atoms with Crippen LogP contribution in [0.5, 0.6) is 0 Å². The highest BCUT2D eigenvalue weighted by atomic mass is 79.9. The fraction of sp³-hybridized carbons (Fsp3) is 0.143. The summed E-state index contributed by atoms with van der Waals surface area (Å²) in [5, 5.41) is 2.19. The Hall–Kier alpha value is -0.350. The van der Waals surface area contributed by atoms with Crippen molar-refractivity contribution in [2.24, 2.45) is 0 Å². The van der Waals surface area contributed by atoms with Gasteiger partial charge in [-0.25, -0.2) is 0 Å². The number of hydrogen-bond acceptors (Lipinski definition) is 2. The fourth-order valence-electron chi connectivity index (χ4n) is 1.91. The Kier molecular flexibility index (Phi) is 3.76. The molecule has 0 aliphatic carbocycles. The Morgan fingerprint density at radius 1 is 1.17 bits per heavy atom. The van der Waals surface area contributed by atoms with Gasteiger partial charge in [-0.05, 0) is 41.6 Å². The first-order valence-electron chi connectivity index (χ1n) is 5.58. The van der Waals surface area contributed by atoms with Gasteiger partial charge in [-0.15, -0.1) is 34.3 Å². The van der Waals surface area contributed by atoms with Crippen molar-refractivity contribution in [2.45, 2.75) is 11.8 Å². The van der Waals surface area contributed by atoms with Crippen LogP contribution in [-0.4, -0.2) is 0 Å². The highest BCUT2D eigenvalue weighted by molar-refractivity contribution is 9.10. The van der Waals surface area contributed by atoms with Crippen molar-refractivity contribution in [1.29, 1.82) is 0 Å². The molecule has 0 nitrogen and oxygen atoms in total. The molecule has 18 heavy (non-hydrogen) atoms. The zero-order chi connectivity index (χ0) is 12.5. The van der Waals surface area contributed by atoms with E-state index < -0.39 is 0 Å². The second kappa shape index (κ2) is 5.33.